The summed E-state index contributed by atoms with van der Waals surface area (Å²) < 4.78 is 5.10. The third kappa shape index (κ3) is 3.65. The van der Waals surface area contributed by atoms with Gasteiger partial charge in [-0.15, -0.1) is 11.3 Å². The number of benzene rings is 1. The van der Waals surface area contributed by atoms with Gasteiger partial charge in [-0.3, -0.25) is 4.79 Å². The molecule has 0 radical (unpaired) electrons. The van der Waals surface area contributed by atoms with Crippen LogP contribution in [0.4, 0.5) is 5.69 Å². The Kier molecular flexibility index (Phi) is 4.73. The number of ether oxygens (including phenoxy) is 1. The van der Waals surface area contributed by atoms with Crippen LogP contribution >= 0.6 is 11.3 Å². The lowest BCUT2D eigenvalue weighted by atomic mass is 10.0. The molecule has 0 saturated carbocycles. The number of nitrogens with one attached hydrogen (secondary N) is 1. The summed E-state index contributed by atoms with van der Waals surface area (Å²) in [5, 5.41) is 4.00. The van der Waals surface area contributed by atoms with Crippen LogP contribution in [0.2, 0.25) is 0 Å². The number of anilines is 1. The van der Waals surface area contributed by atoms with Gasteiger partial charge in [0, 0.05) is 23.4 Å². The highest BCUT2D eigenvalue weighted by molar-refractivity contribution is 7.11. The van der Waals surface area contributed by atoms with Gasteiger partial charge in [0.15, 0.2) is 0 Å². The van der Waals surface area contributed by atoms with Gasteiger partial charge in [-0.25, -0.2) is 4.98 Å². The highest BCUT2D eigenvalue weighted by atomic mass is 32.1. The van der Waals surface area contributed by atoms with E-state index >= 15 is 0 Å². The molecular formula is C17H20N2O2S. The average Bonchev–Trinajstić information content (AvgIpc) is 2.96. The van der Waals surface area contributed by atoms with Crippen LogP contribution in [0, 0.1) is 0 Å². The number of carbonyl (C=O) groups excluding carboxylic acids is 1. The van der Waals surface area contributed by atoms with Crippen molar-refractivity contribution < 1.29 is 9.53 Å². The van der Waals surface area contributed by atoms with Gasteiger partial charge in [0.2, 0.25) is 5.91 Å². The number of aromatic nitrogens is 1. The van der Waals surface area contributed by atoms with E-state index in [4.69, 9.17) is 4.74 Å². The van der Waals surface area contributed by atoms with E-state index in [9.17, 15) is 4.79 Å². The molecule has 1 aliphatic rings. The summed E-state index contributed by atoms with van der Waals surface area (Å²) in [4.78, 5) is 18.1. The number of fused-ring (bicyclic) bond motifs is 1. The number of rotatable bonds is 5. The van der Waals surface area contributed by atoms with Crippen molar-refractivity contribution in [2.24, 2.45) is 0 Å². The van der Waals surface area contributed by atoms with Crippen LogP contribution in [-0.2, 0) is 24.1 Å². The third-order valence-corrected chi connectivity index (χ3v) is 5.05. The minimum absolute atomic E-state index is 0.0262. The van der Waals surface area contributed by atoms with Gasteiger partial charge in [-0.1, -0.05) is 0 Å². The molecule has 3 rings (SSSR count). The van der Waals surface area contributed by atoms with E-state index in [1.165, 1.54) is 23.4 Å². The monoisotopic (exact) mass is 316 g/mol. The molecule has 0 bridgehead atoms. The SMILES string of the molecule is COc1ccc(NC(=O)CCc2nc3c(s2)CCCC3)cc1. The van der Waals surface area contributed by atoms with Gasteiger partial charge in [0.25, 0.3) is 0 Å². The molecule has 4 nitrogen and oxygen atoms in total. The fourth-order valence-corrected chi connectivity index (χ4v) is 3.79. The maximum atomic E-state index is 12.0. The Hall–Kier alpha value is -1.88. The number of amides is 1. The third-order valence-electron chi connectivity index (χ3n) is 3.83. The number of thiazole rings is 1. The zero-order valence-electron chi connectivity index (χ0n) is 12.7. The number of carbonyl (C=O) groups is 1. The molecular weight excluding hydrogens is 296 g/mol. The van der Waals surface area contributed by atoms with Crippen LogP contribution in [0.3, 0.4) is 0 Å². The number of hydrogen-bond donors (Lipinski definition) is 1. The van der Waals surface area contributed by atoms with Crippen LogP contribution in [0.15, 0.2) is 24.3 Å². The second-order valence-corrected chi connectivity index (χ2v) is 6.63. The molecule has 1 heterocycles. The summed E-state index contributed by atoms with van der Waals surface area (Å²) in [6.07, 6.45) is 5.97. The molecule has 0 saturated heterocycles. The molecule has 0 aliphatic heterocycles. The molecule has 116 valence electrons. The van der Waals surface area contributed by atoms with Crippen LogP contribution in [-0.4, -0.2) is 18.0 Å². The van der Waals surface area contributed by atoms with E-state index in [1.54, 1.807) is 18.4 Å². The first-order chi connectivity index (χ1) is 10.7. The van der Waals surface area contributed by atoms with Crippen molar-refractivity contribution in [2.75, 3.05) is 12.4 Å². The van der Waals surface area contributed by atoms with Crippen molar-refractivity contribution in [3.63, 3.8) is 0 Å². The van der Waals surface area contributed by atoms with Crippen LogP contribution in [0.1, 0.15) is 34.8 Å². The van der Waals surface area contributed by atoms with Crippen molar-refractivity contribution in [3.05, 3.63) is 39.8 Å². The molecule has 2 aromatic rings. The van der Waals surface area contributed by atoms with Crippen LogP contribution in [0.25, 0.3) is 0 Å². The smallest absolute Gasteiger partial charge is 0.224 e. The van der Waals surface area contributed by atoms with E-state index in [0.29, 0.717) is 6.42 Å². The zero-order valence-corrected chi connectivity index (χ0v) is 13.5. The van der Waals surface area contributed by atoms with Crippen LogP contribution in [0.5, 0.6) is 5.75 Å². The normalized spacial score (nSPS) is 13.5. The molecule has 1 amide bonds. The van der Waals surface area contributed by atoms with Gasteiger partial charge in [0.1, 0.15) is 5.75 Å². The Balaban J connectivity index is 1.52. The van der Waals surface area contributed by atoms with Crippen molar-refractivity contribution in [3.8, 4) is 5.75 Å². The highest BCUT2D eigenvalue weighted by Crippen LogP contribution is 2.27. The molecule has 0 unspecified atom stereocenters. The summed E-state index contributed by atoms with van der Waals surface area (Å²) in [5.41, 5.74) is 2.06. The van der Waals surface area contributed by atoms with Crippen molar-refractivity contribution >= 4 is 22.9 Å². The second-order valence-electron chi connectivity index (χ2n) is 5.46. The molecule has 1 aromatic carbocycles. The maximum Gasteiger partial charge on any atom is 0.224 e. The van der Waals surface area contributed by atoms with Crippen molar-refractivity contribution in [2.45, 2.75) is 38.5 Å². The maximum absolute atomic E-state index is 12.0. The van der Waals surface area contributed by atoms with Gasteiger partial charge >= 0.3 is 0 Å². The van der Waals surface area contributed by atoms with E-state index < -0.39 is 0 Å². The van der Waals surface area contributed by atoms with Gasteiger partial charge in [0.05, 0.1) is 17.8 Å². The molecule has 5 heteroatoms. The molecule has 22 heavy (non-hydrogen) atoms. The second kappa shape index (κ2) is 6.92. The number of aryl methyl sites for hydroxylation is 3. The van der Waals surface area contributed by atoms with E-state index in [2.05, 4.69) is 10.3 Å². The Morgan fingerprint density at radius 1 is 1.27 bits per heavy atom. The van der Waals surface area contributed by atoms with Gasteiger partial charge < -0.3 is 10.1 Å². The minimum atomic E-state index is 0.0262. The summed E-state index contributed by atoms with van der Waals surface area (Å²) >= 11 is 1.78. The fourth-order valence-electron chi connectivity index (χ4n) is 2.63. The van der Waals surface area contributed by atoms with Crippen molar-refractivity contribution in [1.82, 2.24) is 4.98 Å². The minimum Gasteiger partial charge on any atom is -0.497 e. The first-order valence-corrected chi connectivity index (χ1v) is 8.47. The molecule has 1 aliphatic carbocycles. The Morgan fingerprint density at radius 3 is 2.77 bits per heavy atom. The summed E-state index contributed by atoms with van der Waals surface area (Å²) in [6, 6.07) is 7.37. The van der Waals surface area contributed by atoms with Gasteiger partial charge in [-0.2, -0.15) is 0 Å². The molecule has 0 atom stereocenters. The first kappa shape index (κ1) is 15.0. The van der Waals surface area contributed by atoms with Gasteiger partial charge in [-0.05, 0) is 49.9 Å². The van der Waals surface area contributed by atoms with E-state index in [-0.39, 0.29) is 5.91 Å². The Bertz CT molecular complexity index is 626. The average molecular weight is 316 g/mol. The molecule has 1 N–H and O–H groups in total. The number of nitrogens with zero attached hydrogens (tertiary/aromatic N) is 1. The van der Waals surface area contributed by atoms with Crippen LogP contribution < -0.4 is 10.1 Å². The highest BCUT2D eigenvalue weighted by Gasteiger charge is 2.15. The molecule has 0 fully saturated rings. The predicted molar refractivity (Wildman–Crippen MR) is 88.7 cm³/mol. The summed E-state index contributed by atoms with van der Waals surface area (Å²) in [7, 11) is 1.63. The lowest BCUT2D eigenvalue weighted by molar-refractivity contribution is -0.116. The number of hydrogen-bond acceptors (Lipinski definition) is 4. The molecule has 0 spiro atoms. The van der Waals surface area contributed by atoms with E-state index in [1.807, 2.05) is 24.3 Å². The Morgan fingerprint density at radius 2 is 2.05 bits per heavy atom. The summed E-state index contributed by atoms with van der Waals surface area (Å²) in [5.74, 6) is 0.810. The lowest BCUT2D eigenvalue weighted by Crippen LogP contribution is -2.12. The van der Waals surface area contributed by atoms with E-state index in [0.717, 1.165) is 35.7 Å². The summed E-state index contributed by atoms with van der Waals surface area (Å²) in [6.45, 7) is 0. The Labute approximate surface area is 134 Å². The topological polar surface area (TPSA) is 51.2 Å². The number of methoxy groups -OCH3 is 1. The molecule has 1 aromatic heterocycles. The quantitative estimate of drug-likeness (QED) is 0.917. The van der Waals surface area contributed by atoms with Crippen molar-refractivity contribution in [1.29, 1.82) is 0 Å². The fraction of sp³-hybridized carbons (Fsp3) is 0.412. The zero-order chi connectivity index (χ0) is 15.4. The largest absolute Gasteiger partial charge is 0.497 e. The standard InChI is InChI=1S/C17H20N2O2S/c1-21-13-8-6-12(7-9-13)18-16(20)10-11-17-19-14-4-2-3-5-15(14)22-17/h6-9H,2-5,10-11H2,1H3,(H,18,20). The first-order valence-electron chi connectivity index (χ1n) is 7.66. The lowest BCUT2D eigenvalue weighted by Gasteiger charge is -2.06. The predicted octanol–water partition coefficient (Wildman–Crippen LogP) is 3.60.